The number of urea groups is 1. The van der Waals surface area contributed by atoms with Crippen molar-refractivity contribution in [3.05, 3.63) is 46.8 Å². The van der Waals surface area contributed by atoms with Gasteiger partial charge in [0.25, 0.3) is 0 Å². The fraction of sp³-hybridized carbons (Fsp3) is 0.409. The Bertz CT molecular complexity index is 1020. The number of amides is 2. The number of methoxy groups -OCH3 is 1. The number of hydrogen-bond donors (Lipinski definition) is 2. The van der Waals surface area contributed by atoms with Crippen molar-refractivity contribution in [2.24, 2.45) is 0 Å². The summed E-state index contributed by atoms with van der Waals surface area (Å²) < 4.78 is 12.8. The summed E-state index contributed by atoms with van der Waals surface area (Å²) >= 11 is 0. The molecule has 0 unspecified atom stereocenters. The van der Waals surface area contributed by atoms with Gasteiger partial charge in [0.15, 0.2) is 5.75 Å². The summed E-state index contributed by atoms with van der Waals surface area (Å²) in [6.07, 6.45) is 6.77. The van der Waals surface area contributed by atoms with Crippen LogP contribution in [0.25, 0.3) is 6.08 Å². The number of nitrogens with zero attached hydrogens (tertiary/aromatic N) is 2. The number of aryl methyl sites for hydroxylation is 1. The molecule has 0 radical (unpaired) electrons. The number of anilines is 1. The molecule has 0 bridgehead atoms. The first-order valence-corrected chi connectivity index (χ1v) is 10.1. The van der Waals surface area contributed by atoms with Crippen LogP contribution in [-0.4, -0.2) is 34.5 Å². The lowest BCUT2D eigenvalue weighted by Crippen LogP contribution is -2.31. The number of nitrogens with one attached hydrogen (secondary N) is 2. The van der Waals surface area contributed by atoms with E-state index in [1.807, 2.05) is 42.8 Å². The van der Waals surface area contributed by atoms with Gasteiger partial charge in [0.05, 0.1) is 30.7 Å². The number of carbonyl (C=O) groups is 2. The Kier molecular flexibility index (Phi) is 5.24. The Hall–Kier alpha value is -3.29. The van der Waals surface area contributed by atoms with Gasteiger partial charge in [0, 0.05) is 12.1 Å². The molecule has 2 aliphatic heterocycles. The summed E-state index contributed by atoms with van der Waals surface area (Å²) in [6.45, 7) is 4.80. The van der Waals surface area contributed by atoms with Gasteiger partial charge in [-0.15, -0.1) is 0 Å². The van der Waals surface area contributed by atoms with Crippen molar-refractivity contribution < 1.29 is 19.1 Å². The largest absolute Gasteiger partial charge is 0.481 e. The topological polar surface area (TPSA) is 94.5 Å². The SMILES string of the molecule is COC(=O)c1c(CNC(=O)Nc2cccc3c2OC(C)(C)C=C3)nn2c1CCCC2. The predicted molar refractivity (Wildman–Crippen MR) is 113 cm³/mol. The number of para-hydroxylation sites is 1. The van der Waals surface area contributed by atoms with E-state index < -0.39 is 17.6 Å². The van der Waals surface area contributed by atoms with Gasteiger partial charge in [-0.25, -0.2) is 9.59 Å². The number of esters is 1. The van der Waals surface area contributed by atoms with Crippen molar-refractivity contribution in [2.45, 2.75) is 51.8 Å². The van der Waals surface area contributed by atoms with Crippen molar-refractivity contribution in [1.29, 1.82) is 0 Å². The van der Waals surface area contributed by atoms with Gasteiger partial charge in [-0.05, 0) is 45.3 Å². The number of hydrogen-bond acceptors (Lipinski definition) is 5. The fourth-order valence-corrected chi connectivity index (χ4v) is 3.82. The maximum atomic E-state index is 12.6. The lowest BCUT2D eigenvalue weighted by molar-refractivity contribution is 0.0597. The Morgan fingerprint density at radius 3 is 2.93 bits per heavy atom. The zero-order valence-corrected chi connectivity index (χ0v) is 17.4. The Labute approximate surface area is 175 Å². The van der Waals surface area contributed by atoms with E-state index in [1.54, 1.807) is 6.07 Å². The molecule has 0 saturated carbocycles. The number of aromatic nitrogens is 2. The zero-order chi connectivity index (χ0) is 21.3. The van der Waals surface area contributed by atoms with Crippen LogP contribution in [0.15, 0.2) is 24.3 Å². The van der Waals surface area contributed by atoms with E-state index in [-0.39, 0.29) is 6.54 Å². The standard InChI is InChI=1S/C22H26N4O4/c1-22(2)11-10-14-7-6-8-15(19(14)30-22)24-21(28)23-13-16-18(20(27)29-3)17-9-4-5-12-26(17)25-16/h6-8,10-11H,4-5,9,12-13H2,1-3H3,(H2,23,24,28). The molecule has 2 N–H and O–H groups in total. The molecule has 0 aliphatic carbocycles. The minimum Gasteiger partial charge on any atom is -0.481 e. The second-order valence-corrected chi connectivity index (χ2v) is 8.01. The van der Waals surface area contributed by atoms with E-state index in [0.29, 0.717) is 22.7 Å². The van der Waals surface area contributed by atoms with Crippen LogP contribution in [0, 0.1) is 0 Å². The third-order valence-corrected chi connectivity index (χ3v) is 5.29. The molecule has 30 heavy (non-hydrogen) atoms. The highest BCUT2D eigenvalue weighted by Crippen LogP contribution is 2.37. The van der Waals surface area contributed by atoms with E-state index >= 15 is 0 Å². The van der Waals surface area contributed by atoms with Crippen molar-refractivity contribution >= 4 is 23.8 Å². The van der Waals surface area contributed by atoms with Crippen LogP contribution in [0.1, 0.15) is 54.0 Å². The van der Waals surface area contributed by atoms with Gasteiger partial charge < -0.3 is 20.1 Å². The number of fused-ring (bicyclic) bond motifs is 2. The van der Waals surface area contributed by atoms with Crippen molar-refractivity contribution in [1.82, 2.24) is 15.1 Å². The van der Waals surface area contributed by atoms with E-state index in [0.717, 1.165) is 37.1 Å². The Morgan fingerprint density at radius 1 is 1.30 bits per heavy atom. The summed E-state index contributed by atoms with van der Waals surface area (Å²) in [5.41, 5.74) is 2.90. The summed E-state index contributed by atoms with van der Waals surface area (Å²) in [4.78, 5) is 24.9. The molecule has 2 amide bonds. The van der Waals surface area contributed by atoms with E-state index in [9.17, 15) is 9.59 Å². The normalized spacial score (nSPS) is 16.1. The summed E-state index contributed by atoms with van der Waals surface area (Å²) in [5, 5.41) is 10.2. The summed E-state index contributed by atoms with van der Waals surface area (Å²) in [7, 11) is 1.35. The van der Waals surface area contributed by atoms with Crippen LogP contribution in [0.2, 0.25) is 0 Å². The molecule has 0 fully saturated rings. The average Bonchev–Trinajstić information content (AvgIpc) is 3.10. The molecule has 1 aromatic heterocycles. The maximum Gasteiger partial charge on any atom is 0.341 e. The quantitative estimate of drug-likeness (QED) is 0.752. The zero-order valence-electron chi connectivity index (χ0n) is 17.4. The molecule has 2 aromatic rings. The van der Waals surface area contributed by atoms with Crippen LogP contribution in [0.3, 0.4) is 0 Å². The van der Waals surface area contributed by atoms with E-state index in [1.165, 1.54) is 7.11 Å². The molecule has 0 atom stereocenters. The second kappa shape index (κ2) is 7.85. The van der Waals surface area contributed by atoms with Crippen LogP contribution < -0.4 is 15.4 Å². The highest BCUT2D eigenvalue weighted by atomic mass is 16.5. The van der Waals surface area contributed by atoms with Crippen molar-refractivity contribution in [3.8, 4) is 5.75 Å². The molecule has 2 aliphatic rings. The van der Waals surface area contributed by atoms with Gasteiger partial charge in [-0.2, -0.15) is 5.10 Å². The minimum absolute atomic E-state index is 0.123. The predicted octanol–water partition coefficient (Wildman–Crippen LogP) is 3.51. The molecule has 0 spiro atoms. The maximum absolute atomic E-state index is 12.6. The van der Waals surface area contributed by atoms with E-state index in [4.69, 9.17) is 9.47 Å². The first-order valence-electron chi connectivity index (χ1n) is 10.1. The smallest absolute Gasteiger partial charge is 0.341 e. The highest BCUT2D eigenvalue weighted by molar-refractivity contribution is 5.94. The highest BCUT2D eigenvalue weighted by Gasteiger charge is 2.27. The average molecular weight is 410 g/mol. The molecule has 8 nitrogen and oxygen atoms in total. The summed E-state index contributed by atoms with van der Waals surface area (Å²) in [5.74, 6) is 0.211. The number of ether oxygens (including phenoxy) is 2. The molecule has 4 rings (SSSR count). The third kappa shape index (κ3) is 3.90. The molecule has 158 valence electrons. The number of rotatable bonds is 4. The minimum atomic E-state index is -0.452. The lowest BCUT2D eigenvalue weighted by Gasteiger charge is -2.29. The molecular weight excluding hydrogens is 384 g/mol. The fourth-order valence-electron chi connectivity index (χ4n) is 3.82. The van der Waals surface area contributed by atoms with Gasteiger partial charge in [-0.1, -0.05) is 18.2 Å². The molecule has 8 heteroatoms. The van der Waals surface area contributed by atoms with Crippen molar-refractivity contribution in [3.63, 3.8) is 0 Å². The van der Waals surface area contributed by atoms with Gasteiger partial charge in [0.1, 0.15) is 11.2 Å². The van der Waals surface area contributed by atoms with E-state index in [2.05, 4.69) is 15.7 Å². The molecular formula is C22H26N4O4. The van der Waals surface area contributed by atoms with Crippen LogP contribution in [0.4, 0.5) is 10.5 Å². The van der Waals surface area contributed by atoms with Crippen LogP contribution in [0.5, 0.6) is 5.75 Å². The number of benzene rings is 1. The second-order valence-electron chi connectivity index (χ2n) is 8.01. The molecule has 1 aromatic carbocycles. The van der Waals surface area contributed by atoms with Gasteiger partial charge in [-0.3, -0.25) is 4.68 Å². The van der Waals surface area contributed by atoms with Gasteiger partial charge in [0.2, 0.25) is 0 Å². The number of carbonyl (C=O) groups excluding carboxylic acids is 2. The van der Waals surface area contributed by atoms with Crippen LogP contribution >= 0.6 is 0 Å². The lowest BCUT2D eigenvalue weighted by atomic mass is 10.0. The van der Waals surface area contributed by atoms with Crippen LogP contribution in [-0.2, 0) is 24.2 Å². The van der Waals surface area contributed by atoms with Crippen molar-refractivity contribution in [2.75, 3.05) is 12.4 Å². The Balaban J connectivity index is 1.49. The Morgan fingerprint density at radius 2 is 2.13 bits per heavy atom. The monoisotopic (exact) mass is 410 g/mol. The summed E-state index contributed by atoms with van der Waals surface area (Å²) in [6, 6.07) is 5.19. The molecule has 0 saturated heterocycles. The third-order valence-electron chi connectivity index (χ3n) is 5.29. The first kappa shape index (κ1) is 20.0. The molecule has 3 heterocycles. The first-order chi connectivity index (χ1) is 14.4. The van der Waals surface area contributed by atoms with Gasteiger partial charge >= 0.3 is 12.0 Å².